The molecule has 144 valence electrons. The van der Waals surface area contributed by atoms with Gasteiger partial charge in [0.2, 0.25) is 0 Å². The van der Waals surface area contributed by atoms with E-state index in [2.05, 4.69) is 11.8 Å². The summed E-state index contributed by atoms with van der Waals surface area (Å²) in [5.41, 5.74) is 0.161. The molecular weight excluding hydrogens is 329 g/mol. The summed E-state index contributed by atoms with van der Waals surface area (Å²) >= 11 is 0. The molecule has 0 bridgehead atoms. The molecule has 1 aromatic carbocycles. The maximum atomic E-state index is 13.5. The van der Waals surface area contributed by atoms with Gasteiger partial charge >= 0.3 is 0 Å². The summed E-state index contributed by atoms with van der Waals surface area (Å²) in [5, 5.41) is 9.29. The van der Waals surface area contributed by atoms with Gasteiger partial charge < -0.3 is 0 Å². The standard InChI is InChI=1S/C20H27F3O2.2H2/c1-12-2-4-13(5-3-12)14-6-8-15(9-7-14)20(25-24)16-10-17(21)19(23)18(22)11-16;;/h10-15,20,24H,2-9H2,1H3;2*1H. The molecule has 0 heterocycles. The second-order valence-corrected chi connectivity index (χ2v) is 8.02. The topological polar surface area (TPSA) is 29.5 Å². The number of hydrogen-bond donors (Lipinski definition) is 1. The lowest BCUT2D eigenvalue weighted by atomic mass is 9.68. The molecule has 2 saturated carbocycles. The highest BCUT2D eigenvalue weighted by Gasteiger charge is 2.34. The van der Waals surface area contributed by atoms with Crippen LogP contribution in [0.1, 0.15) is 72.8 Å². The molecular formula is C20H31F3O2. The van der Waals surface area contributed by atoms with E-state index in [0.29, 0.717) is 5.92 Å². The maximum absolute atomic E-state index is 13.5. The summed E-state index contributed by atoms with van der Waals surface area (Å²) in [6, 6.07) is 1.85. The lowest BCUT2D eigenvalue weighted by Gasteiger charge is -2.38. The molecule has 0 spiro atoms. The second kappa shape index (κ2) is 8.09. The molecule has 2 aliphatic rings. The van der Waals surface area contributed by atoms with E-state index in [9.17, 15) is 18.4 Å². The normalized spacial score (nSPS) is 31.7. The summed E-state index contributed by atoms with van der Waals surface area (Å²) in [4.78, 5) is 4.56. The summed E-state index contributed by atoms with van der Waals surface area (Å²) in [5.74, 6) is -1.67. The summed E-state index contributed by atoms with van der Waals surface area (Å²) in [6.07, 6.45) is 8.20. The Kier molecular flexibility index (Phi) is 6.05. The zero-order chi connectivity index (χ0) is 18.0. The van der Waals surface area contributed by atoms with Gasteiger partial charge in [-0.3, -0.25) is 5.26 Å². The van der Waals surface area contributed by atoms with Gasteiger partial charge in [0, 0.05) is 2.85 Å². The first-order chi connectivity index (χ1) is 12.0. The van der Waals surface area contributed by atoms with Crippen LogP contribution >= 0.6 is 0 Å². The molecule has 25 heavy (non-hydrogen) atoms. The summed E-state index contributed by atoms with van der Waals surface area (Å²) < 4.78 is 40.1. The van der Waals surface area contributed by atoms with Crippen molar-refractivity contribution in [2.75, 3.05) is 0 Å². The quantitative estimate of drug-likeness (QED) is 0.365. The van der Waals surface area contributed by atoms with Gasteiger partial charge in [0.15, 0.2) is 17.5 Å². The molecule has 5 heteroatoms. The Bertz CT molecular complexity index is 564. The van der Waals surface area contributed by atoms with Crippen LogP contribution in [-0.2, 0) is 4.89 Å². The SMILES string of the molecule is CC1CCC(C2CCC(C(OO)c3cc(F)c(F)c(F)c3)CC2)CC1.[HH].[HH]. The Morgan fingerprint density at radius 1 is 0.920 bits per heavy atom. The zero-order valence-corrected chi connectivity index (χ0v) is 14.7. The van der Waals surface area contributed by atoms with E-state index in [0.717, 1.165) is 49.7 Å². The van der Waals surface area contributed by atoms with E-state index in [4.69, 9.17) is 0 Å². The molecule has 3 rings (SSSR count). The van der Waals surface area contributed by atoms with Crippen molar-refractivity contribution < 1.29 is 26.2 Å². The number of hydrogen-bond acceptors (Lipinski definition) is 2. The van der Waals surface area contributed by atoms with Crippen LogP contribution in [0.4, 0.5) is 13.2 Å². The highest BCUT2D eigenvalue weighted by Crippen LogP contribution is 2.45. The van der Waals surface area contributed by atoms with Crippen molar-refractivity contribution in [2.45, 2.75) is 64.4 Å². The lowest BCUT2D eigenvalue weighted by molar-refractivity contribution is -0.296. The highest BCUT2D eigenvalue weighted by atomic mass is 19.2. The van der Waals surface area contributed by atoms with Gasteiger partial charge in [-0.25, -0.2) is 18.1 Å². The minimum atomic E-state index is -1.49. The van der Waals surface area contributed by atoms with Crippen molar-refractivity contribution in [3.05, 3.63) is 35.1 Å². The molecule has 2 aliphatic carbocycles. The van der Waals surface area contributed by atoms with E-state index >= 15 is 0 Å². The number of benzene rings is 1. The van der Waals surface area contributed by atoms with E-state index in [-0.39, 0.29) is 14.3 Å². The lowest BCUT2D eigenvalue weighted by Crippen LogP contribution is -2.28. The average Bonchev–Trinajstić information content (AvgIpc) is 2.61. The van der Waals surface area contributed by atoms with Crippen LogP contribution in [0.15, 0.2) is 12.1 Å². The predicted octanol–water partition coefficient (Wildman–Crippen LogP) is 6.76. The largest absolute Gasteiger partial charge is 0.251 e. The smallest absolute Gasteiger partial charge is 0.194 e. The molecule has 0 radical (unpaired) electrons. The van der Waals surface area contributed by atoms with Gasteiger partial charge in [-0.05, 0) is 79.9 Å². The molecule has 0 aliphatic heterocycles. The van der Waals surface area contributed by atoms with Crippen LogP contribution in [0.3, 0.4) is 0 Å². The van der Waals surface area contributed by atoms with Gasteiger partial charge in [-0.15, -0.1) is 0 Å². The van der Waals surface area contributed by atoms with E-state index in [1.54, 1.807) is 0 Å². The average molecular weight is 360 g/mol. The fourth-order valence-electron chi connectivity index (χ4n) is 4.83. The predicted molar refractivity (Wildman–Crippen MR) is 93.6 cm³/mol. The maximum Gasteiger partial charge on any atom is 0.194 e. The van der Waals surface area contributed by atoms with Crippen LogP contribution in [0.2, 0.25) is 0 Å². The minimum Gasteiger partial charge on any atom is -0.251 e. The zero-order valence-electron chi connectivity index (χ0n) is 14.7. The van der Waals surface area contributed by atoms with Crippen molar-refractivity contribution in [3.8, 4) is 0 Å². The molecule has 1 unspecified atom stereocenters. The van der Waals surface area contributed by atoms with E-state index < -0.39 is 23.6 Å². The number of halogens is 3. The van der Waals surface area contributed by atoms with Crippen LogP contribution in [0.5, 0.6) is 0 Å². The Morgan fingerprint density at radius 2 is 1.40 bits per heavy atom. The molecule has 1 N–H and O–H groups in total. The first-order valence-corrected chi connectivity index (χ1v) is 9.44. The van der Waals surface area contributed by atoms with Crippen LogP contribution in [0, 0.1) is 41.1 Å². The molecule has 1 aromatic rings. The Labute approximate surface area is 150 Å². The Morgan fingerprint density at radius 3 is 1.88 bits per heavy atom. The summed E-state index contributed by atoms with van der Waals surface area (Å²) in [6.45, 7) is 2.32. The summed E-state index contributed by atoms with van der Waals surface area (Å²) in [7, 11) is 0. The first kappa shape index (κ1) is 18.7. The van der Waals surface area contributed by atoms with Gasteiger partial charge in [0.25, 0.3) is 0 Å². The minimum absolute atomic E-state index is 0. The molecule has 2 nitrogen and oxygen atoms in total. The van der Waals surface area contributed by atoms with Gasteiger partial charge in [0.1, 0.15) is 6.10 Å². The highest BCUT2D eigenvalue weighted by molar-refractivity contribution is 5.22. The third-order valence-electron chi connectivity index (χ3n) is 6.42. The van der Waals surface area contributed by atoms with E-state index in [1.165, 1.54) is 25.7 Å². The fourth-order valence-corrected chi connectivity index (χ4v) is 4.83. The molecule has 2 fully saturated rings. The van der Waals surface area contributed by atoms with Crippen molar-refractivity contribution in [1.29, 1.82) is 0 Å². The number of rotatable bonds is 4. The van der Waals surface area contributed by atoms with Gasteiger partial charge in [-0.1, -0.05) is 19.8 Å². The first-order valence-electron chi connectivity index (χ1n) is 9.44. The monoisotopic (exact) mass is 360 g/mol. The Hall–Kier alpha value is -1.07. The van der Waals surface area contributed by atoms with Crippen molar-refractivity contribution in [1.82, 2.24) is 0 Å². The van der Waals surface area contributed by atoms with Crippen molar-refractivity contribution in [3.63, 3.8) is 0 Å². The Balaban J connectivity index is 0.00000182. The third-order valence-corrected chi connectivity index (χ3v) is 6.42. The third kappa shape index (κ3) is 4.20. The van der Waals surface area contributed by atoms with Crippen LogP contribution < -0.4 is 0 Å². The molecule has 1 atom stereocenters. The second-order valence-electron chi connectivity index (χ2n) is 8.02. The molecule has 0 aromatic heterocycles. The molecule has 0 amide bonds. The van der Waals surface area contributed by atoms with Gasteiger partial charge in [-0.2, -0.15) is 0 Å². The van der Waals surface area contributed by atoms with Crippen molar-refractivity contribution >= 4 is 0 Å². The van der Waals surface area contributed by atoms with Crippen LogP contribution in [-0.4, -0.2) is 5.26 Å². The van der Waals surface area contributed by atoms with Crippen molar-refractivity contribution in [2.24, 2.45) is 23.7 Å². The fraction of sp³-hybridized carbons (Fsp3) is 0.700. The van der Waals surface area contributed by atoms with Gasteiger partial charge in [0.05, 0.1) is 0 Å². The van der Waals surface area contributed by atoms with E-state index in [1.807, 2.05) is 0 Å². The van der Waals surface area contributed by atoms with Crippen LogP contribution in [0.25, 0.3) is 0 Å². The molecule has 0 saturated heterocycles.